The fourth-order valence-electron chi connectivity index (χ4n) is 9.88. The fraction of sp³-hybridized carbons (Fsp3) is 0.594. The number of hydrogen-bond acceptors (Lipinski definition) is 3. The first kappa shape index (κ1) is 22.9. The van der Waals surface area contributed by atoms with E-state index in [9.17, 15) is 9.60 Å². The van der Waals surface area contributed by atoms with Crippen LogP contribution >= 0.6 is 0 Å². The van der Waals surface area contributed by atoms with Crippen molar-refractivity contribution in [3.8, 4) is 0 Å². The molecule has 2 aromatic rings. The number of benzene rings is 1. The van der Waals surface area contributed by atoms with Gasteiger partial charge in [-0.15, -0.1) is 0 Å². The van der Waals surface area contributed by atoms with E-state index in [1.54, 1.807) is 0 Å². The van der Waals surface area contributed by atoms with Crippen LogP contribution in [0.25, 0.3) is 10.8 Å². The SMILES string of the molecule is CC12CC=C3C=C4CCC([N+]5(O)CCC(F)C5)CC45CCC3(O5)C1CCC2c1ccc2ccncc2c1. The van der Waals surface area contributed by atoms with Gasteiger partial charge in [0.25, 0.3) is 0 Å². The predicted octanol–water partition coefficient (Wildman–Crippen LogP) is 6.79. The van der Waals surface area contributed by atoms with Crippen LogP contribution in [-0.4, -0.2) is 51.3 Å². The molecule has 2 spiro atoms. The number of pyridine rings is 1. The minimum Gasteiger partial charge on any atom is -0.359 e. The summed E-state index contributed by atoms with van der Waals surface area (Å²) in [7, 11) is 0. The number of rotatable bonds is 2. The molecule has 2 saturated heterocycles. The van der Waals surface area contributed by atoms with Crippen LogP contribution in [0.4, 0.5) is 4.39 Å². The van der Waals surface area contributed by atoms with Gasteiger partial charge in [0, 0.05) is 37.0 Å². The highest BCUT2D eigenvalue weighted by atomic mass is 19.1. The second-order valence-corrected chi connectivity index (χ2v) is 13.4. The second-order valence-electron chi connectivity index (χ2n) is 13.4. The quantitative estimate of drug-likeness (QED) is 0.461. The van der Waals surface area contributed by atoms with E-state index in [1.807, 2.05) is 12.4 Å². The molecular weight excluding hydrogens is 463 g/mol. The third-order valence-electron chi connectivity index (χ3n) is 11.7. The molecule has 8 atom stereocenters. The molecule has 0 amide bonds. The number of aromatic nitrogens is 1. The van der Waals surface area contributed by atoms with Gasteiger partial charge >= 0.3 is 0 Å². The Morgan fingerprint density at radius 2 is 2.03 bits per heavy atom. The largest absolute Gasteiger partial charge is 0.359 e. The zero-order valence-corrected chi connectivity index (χ0v) is 21.8. The Kier molecular flexibility index (Phi) is 4.65. The number of fused-ring (bicyclic) bond motifs is 2. The van der Waals surface area contributed by atoms with Gasteiger partial charge in [-0.05, 0) is 90.0 Å². The van der Waals surface area contributed by atoms with Crippen molar-refractivity contribution in [2.45, 2.75) is 94.0 Å². The third kappa shape index (κ3) is 3.02. The van der Waals surface area contributed by atoms with Gasteiger partial charge in [-0.1, -0.05) is 31.2 Å². The molecule has 4 nitrogen and oxygen atoms in total. The summed E-state index contributed by atoms with van der Waals surface area (Å²) in [5, 5.41) is 13.8. The van der Waals surface area contributed by atoms with Crippen molar-refractivity contribution in [1.29, 1.82) is 0 Å². The Bertz CT molecular complexity index is 1360. The summed E-state index contributed by atoms with van der Waals surface area (Å²) in [6.07, 6.45) is 16.8. The van der Waals surface area contributed by atoms with Crippen LogP contribution in [0.1, 0.15) is 76.2 Å². The number of alkyl halides is 1. The molecule has 8 unspecified atom stereocenters. The highest BCUT2D eigenvalue weighted by Gasteiger charge is 2.67. The van der Waals surface area contributed by atoms with Crippen molar-refractivity contribution in [3.05, 3.63) is 65.5 Å². The van der Waals surface area contributed by atoms with E-state index in [0.29, 0.717) is 24.8 Å². The average Bonchev–Trinajstić information content (AvgIpc) is 3.55. The number of quaternary nitrogens is 1. The summed E-state index contributed by atoms with van der Waals surface area (Å²) in [6, 6.07) is 9.15. The minimum atomic E-state index is -0.878. The Hall–Kier alpha value is -2.08. The van der Waals surface area contributed by atoms with Crippen LogP contribution in [0.3, 0.4) is 0 Å². The zero-order chi connectivity index (χ0) is 25.0. The summed E-state index contributed by atoms with van der Waals surface area (Å²) >= 11 is 0. The van der Waals surface area contributed by atoms with Gasteiger partial charge in [-0.2, -0.15) is 4.65 Å². The maximum Gasteiger partial charge on any atom is 0.157 e. The fourth-order valence-corrected chi connectivity index (χ4v) is 9.88. The lowest BCUT2D eigenvalue weighted by Crippen LogP contribution is -2.59. The minimum absolute atomic E-state index is 0.0797. The smallest absolute Gasteiger partial charge is 0.157 e. The summed E-state index contributed by atoms with van der Waals surface area (Å²) in [5.74, 6) is 1.00. The van der Waals surface area contributed by atoms with Crippen LogP contribution in [0.15, 0.2) is 60.0 Å². The lowest BCUT2D eigenvalue weighted by Gasteiger charge is -2.55. The molecular formula is C32H38FN2O2+. The first-order valence-corrected chi connectivity index (χ1v) is 14.5. The molecule has 1 aromatic carbocycles. The van der Waals surface area contributed by atoms with Crippen LogP contribution in [-0.2, 0) is 4.74 Å². The molecule has 1 aromatic heterocycles. The van der Waals surface area contributed by atoms with Crippen molar-refractivity contribution >= 4 is 10.8 Å². The molecule has 8 rings (SSSR count). The summed E-state index contributed by atoms with van der Waals surface area (Å²) in [6.45, 7) is 3.31. The van der Waals surface area contributed by atoms with Gasteiger partial charge in [0.2, 0.25) is 0 Å². The number of ether oxygens (including phenoxy) is 1. The van der Waals surface area contributed by atoms with E-state index in [4.69, 9.17) is 4.74 Å². The average molecular weight is 502 g/mol. The van der Waals surface area contributed by atoms with Crippen molar-refractivity contribution < 1.29 is 19.0 Å². The molecule has 37 heavy (non-hydrogen) atoms. The van der Waals surface area contributed by atoms with Crippen LogP contribution in [0.2, 0.25) is 0 Å². The highest BCUT2D eigenvalue weighted by molar-refractivity contribution is 5.82. The molecule has 5 heteroatoms. The number of likely N-dealkylation sites (tertiary alicyclic amines) is 1. The standard InChI is InChI=1S/C32H38FN2O2/c1-30-11-8-25-17-24-4-5-27(35(36)15-10-26(33)20-35)18-31(24)12-13-32(25,37-31)29(30)7-6-28(30)22-3-2-21-9-14-34-19-23(21)16-22/h2-3,8-9,14,16-17,19,26-29,36H,4-7,10-13,15,18,20H2,1H3/q+1. The summed E-state index contributed by atoms with van der Waals surface area (Å²) < 4.78 is 21.5. The van der Waals surface area contributed by atoms with Crippen LogP contribution in [0, 0.1) is 11.3 Å². The monoisotopic (exact) mass is 501 g/mol. The van der Waals surface area contributed by atoms with Gasteiger partial charge in [0.1, 0.15) is 19.1 Å². The van der Waals surface area contributed by atoms with Crippen molar-refractivity contribution in [3.63, 3.8) is 0 Å². The molecule has 1 N–H and O–H groups in total. The molecule has 3 aliphatic carbocycles. The maximum absolute atomic E-state index is 14.1. The van der Waals surface area contributed by atoms with Crippen molar-refractivity contribution in [1.82, 2.24) is 4.98 Å². The van der Waals surface area contributed by atoms with Gasteiger partial charge in [-0.3, -0.25) is 4.98 Å². The number of hydrogen-bond donors (Lipinski definition) is 1. The number of allylic oxidation sites excluding steroid dienone is 1. The first-order chi connectivity index (χ1) is 17.8. The number of halogens is 1. The Morgan fingerprint density at radius 3 is 2.89 bits per heavy atom. The molecule has 3 aliphatic heterocycles. The van der Waals surface area contributed by atoms with Gasteiger partial charge in [0.15, 0.2) is 6.17 Å². The molecule has 4 fully saturated rings. The number of nitrogens with zero attached hydrogens (tertiary/aromatic N) is 2. The lowest BCUT2D eigenvalue weighted by molar-refractivity contribution is -1.11. The molecule has 194 valence electrons. The van der Waals surface area contributed by atoms with Gasteiger partial charge in [-0.25, -0.2) is 9.60 Å². The molecule has 4 heterocycles. The Labute approximate surface area is 218 Å². The van der Waals surface area contributed by atoms with E-state index in [2.05, 4.69) is 48.3 Å². The normalized spacial score (nSPS) is 46.2. The van der Waals surface area contributed by atoms with E-state index < -0.39 is 6.17 Å². The molecule has 2 saturated carbocycles. The second kappa shape index (κ2) is 7.52. The lowest BCUT2D eigenvalue weighted by atomic mass is 9.58. The van der Waals surface area contributed by atoms with E-state index in [0.717, 1.165) is 38.5 Å². The van der Waals surface area contributed by atoms with Crippen LogP contribution in [0.5, 0.6) is 0 Å². The van der Waals surface area contributed by atoms with Gasteiger partial charge < -0.3 is 4.74 Å². The Balaban J connectivity index is 1.14. The van der Waals surface area contributed by atoms with E-state index in [-0.39, 0.29) is 33.9 Å². The van der Waals surface area contributed by atoms with E-state index >= 15 is 0 Å². The highest BCUT2D eigenvalue weighted by Crippen LogP contribution is 2.69. The Morgan fingerprint density at radius 1 is 1.11 bits per heavy atom. The maximum atomic E-state index is 14.1. The van der Waals surface area contributed by atoms with Crippen LogP contribution < -0.4 is 0 Å². The third-order valence-corrected chi connectivity index (χ3v) is 11.7. The molecule has 6 aliphatic rings. The van der Waals surface area contributed by atoms with Crippen molar-refractivity contribution in [2.75, 3.05) is 13.1 Å². The van der Waals surface area contributed by atoms with Gasteiger partial charge in [0.05, 0.1) is 11.2 Å². The zero-order valence-electron chi connectivity index (χ0n) is 21.8. The number of hydroxylamine groups is 3. The summed E-state index contributed by atoms with van der Waals surface area (Å²) in [4.78, 5) is 4.37. The molecule has 2 bridgehead atoms. The summed E-state index contributed by atoms with van der Waals surface area (Å²) in [5.41, 5.74) is 3.99. The topological polar surface area (TPSA) is 42.4 Å². The van der Waals surface area contributed by atoms with Crippen molar-refractivity contribution in [2.24, 2.45) is 11.3 Å². The molecule has 0 radical (unpaired) electrons. The van der Waals surface area contributed by atoms with E-state index in [1.165, 1.54) is 40.3 Å². The predicted molar refractivity (Wildman–Crippen MR) is 141 cm³/mol. The first-order valence-electron chi connectivity index (χ1n) is 14.5.